The van der Waals surface area contributed by atoms with E-state index in [1.165, 1.54) is 44.6 Å². The summed E-state index contributed by atoms with van der Waals surface area (Å²) in [5.41, 5.74) is 4.58. The van der Waals surface area contributed by atoms with E-state index in [9.17, 15) is 4.79 Å². The van der Waals surface area contributed by atoms with Crippen LogP contribution >= 0.6 is 15.9 Å². The van der Waals surface area contributed by atoms with Crippen LogP contribution in [-0.2, 0) is 4.79 Å². The van der Waals surface area contributed by atoms with Gasteiger partial charge in [0.1, 0.15) is 24.7 Å². The maximum Gasteiger partial charge on any atom is 0.236 e. The minimum Gasteiger partial charge on any atom is -0.490 e. The molecule has 1 fully saturated rings. The smallest absolute Gasteiger partial charge is 0.236 e. The molecule has 2 aromatic carbocycles. The summed E-state index contributed by atoms with van der Waals surface area (Å²) in [5, 5.41) is 3.91. The van der Waals surface area contributed by atoms with Crippen molar-refractivity contribution in [2.45, 2.75) is 44.9 Å². The number of nitrogens with one attached hydrogen (secondary N) is 1. The number of carbonyl (C=O) groups is 1. The summed E-state index contributed by atoms with van der Waals surface area (Å²) < 4.78 is 12.6. The van der Waals surface area contributed by atoms with Crippen LogP contribution in [0.5, 0.6) is 11.5 Å². The SMILES string of the molecule is CC(=O)NN=Cc1cc(Br)ccc1OCCOc1ccc(C2CCCCC2)cc1. The highest BCUT2D eigenvalue weighted by atomic mass is 79.9. The van der Waals surface area contributed by atoms with Crippen LogP contribution in [0.1, 0.15) is 56.1 Å². The van der Waals surface area contributed by atoms with E-state index in [1.807, 2.05) is 18.2 Å². The van der Waals surface area contributed by atoms with Crippen LogP contribution in [0, 0.1) is 0 Å². The zero-order valence-electron chi connectivity index (χ0n) is 16.7. The molecule has 0 spiro atoms. The lowest BCUT2D eigenvalue weighted by Crippen LogP contribution is -2.13. The highest BCUT2D eigenvalue weighted by molar-refractivity contribution is 9.10. The normalized spacial score (nSPS) is 14.7. The van der Waals surface area contributed by atoms with Gasteiger partial charge in [0.25, 0.3) is 0 Å². The number of amides is 1. The van der Waals surface area contributed by atoms with E-state index in [1.54, 1.807) is 6.21 Å². The standard InChI is InChI=1S/C23H27BrN2O3/c1-17(27)26-25-16-20-15-21(24)9-12-23(20)29-14-13-28-22-10-7-19(8-11-22)18-5-3-2-4-6-18/h7-12,15-16,18H,2-6,13-14H2,1H3,(H,26,27). The molecular formula is C23H27BrN2O3. The van der Waals surface area contributed by atoms with Gasteiger partial charge >= 0.3 is 0 Å². The summed E-state index contributed by atoms with van der Waals surface area (Å²) in [7, 11) is 0. The number of hydrogen-bond acceptors (Lipinski definition) is 4. The molecule has 0 heterocycles. The molecule has 6 heteroatoms. The summed E-state index contributed by atoms with van der Waals surface area (Å²) in [6.07, 6.45) is 8.22. The van der Waals surface area contributed by atoms with E-state index in [0.717, 1.165) is 15.8 Å². The molecule has 0 bridgehead atoms. The quantitative estimate of drug-likeness (QED) is 0.326. The molecule has 0 saturated heterocycles. The average molecular weight is 459 g/mol. The first-order valence-electron chi connectivity index (χ1n) is 10.1. The van der Waals surface area contributed by atoms with Gasteiger partial charge < -0.3 is 9.47 Å². The van der Waals surface area contributed by atoms with E-state index in [0.29, 0.717) is 24.9 Å². The fraction of sp³-hybridized carbons (Fsp3) is 0.391. The lowest BCUT2D eigenvalue weighted by molar-refractivity contribution is -0.118. The highest BCUT2D eigenvalue weighted by Gasteiger charge is 2.15. The Morgan fingerprint density at radius 2 is 1.83 bits per heavy atom. The van der Waals surface area contributed by atoms with E-state index < -0.39 is 0 Å². The molecule has 0 unspecified atom stereocenters. The molecule has 0 radical (unpaired) electrons. The van der Waals surface area contributed by atoms with Gasteiger partial charge in [-0.25, -0.2) is 5.43 Å². The fourth-order valence-electron chi connectivity index (χ4n) is 3.53. The summed E-state index contributed by atoms with van der Waals surface area (Å²) in [4.78, 5) is 11.0. The number of halogens is 1. The Kier molecular flexibility index (Phi) is 8.11. The third-order valence-corrected chi connectivity index (χ3v) is 5.46. The van der Waals surface area contributed by atoms with Crippen molar-refractivity contribution < 1.29 is 14.3 Å². The van der Waals surface area contributed by atoms with Gasteiger partial charge in [-0.1, -0.05) is 47.3 Å². The molecule has 1 saturated carbocycles. The first-order chi connectivity index (χ1) is 14.1. The van der Waals surface area contributed by atoms with Gasteiger partial charge in [-0.2, -0.15) is 5.10 Å². The van der Waals surface area contributed by atoms with Crippen LogP contribution < -0.4 is 14.9 Å². The topological polar surface area (TPSA) is 59.9 Å². The van der Waals surface area contributed by atoms with E-state index in [4.69, 9.17) is 9.47 Å². The van der Waals surface area contributed by atoms with Gasteiger partial charge in [0, 0.05) is 17.0 Å². The largest absolute Gasteiger partial charge is 0.490 e. The third kappa shape index (κ3) is 6.89. The Bertz CT molecular complexity index is 831. The highest BCUT2D eigenvalue weighted by Crippen LogP contribution is 2.33. The predicted octanol–water partition coefficient (Wildman–Crippen LogP) is 5.42. The van der Waals surface area contributed by atoms with Crippen molar-refractivity contribution >= 4 is 28.1 Å². The van der Waals surface area contributed by atoms with E-state index in [-0.39, 0.29) is 5.91 Å². The van der Waals surface area contributed by atoms with Crippen molar-refractivity contribution in [2.24, 2.45) is 5.10 Å². The first-order valence-corrected chi connectivity index (χ1v) is 10.9. The molecule has 3 rings (SSSR count). The van der Waals surface area contributed by atoms with Crippen LogP contribution in [0.4, 0.5) is 0 Å². The lowest BCUT2D eigenvalue weighted by atomic mass is 9.84. The molecule has 0 atom stereocenters. The molecular weight excluding hydrogens is 432 g/mol. The van der Waals surface area contributed by atoms with E-state index >= 15 is 0 Å². The molecule has 2 aromatic rings. The predicted molar refractivity (Wildman–Crippen MR) is 119 cm³/mol. The Labute approximate surface area is 180 Å². The molecule has 1 N–H and O–H groups in total. The molecule has 29 heavy (non-hydrogen) atoms. The van der Waals surface area contributed by atoms with Crippen molar-refractivity contribution in [2.75, 3.05) is 13.2 Å². The average Bonchev–Trinajstić information content (AvgIpc) is 2.73. The number of hydrogen-bond donors (Lipinski definition) is 1. The molecule has 0 aliphatic heterocycles. The Hall–Kier alpha value is -2.34. The van der Waals surface area contributed by atoms with Crippen molar-refractivity contribution in [1.29, 1.82) is 0 Å². The van der Waals surface area contributed by atoms with Crippen molar-refractivity contribution in [3.05, 3.63) is 58.1 Å². The van der Waals surface area contributed by atoms with Gasteiger partial charge in [0.2, 0.25) is 5.91 Å². The first kappa shape index (κ1) is 21.4. The molecule has 1 amide bonds. The van der Waals surface area contributed by atoms with Gasteiger partial charge in [-0.05, 0) is 54.7 Å². The van der Waals surface area contributed by atoms with Crippen LogP contribution in [0.15, 0.2) is 52.0 Å². The van der Waals surface area contributed by atoms with Gasteiger partial charge in [-0.15, -0.1) is 0 Å². The molecule has 1 aliphatic rings. The van der Waals surface area contributed by atoms with Crippen molar-refractivity contribution in [1.82, 2.24) is 5.43 Å². The lowest BCUT2D eigenvalue weighted by Gasteiger charge is -2.22. The zero-order valence-corrected chi connectivity index (χ0v) is 18.3. The Balaban J connectivity index is 1.49. The fourth-order valence-corrected chi connectivity index (χ4v) is 3.91. The number of carbonyl (C=O) groups excluding carboxylic acids is 1. The Morgan fingerprint density at radius 3 is 2.55 bits per heavy atom. The van der Waals surface area contributed by atoms with Crippen LogP contribution in [0.2, 0.25) is 0 Å². The Morgan fingerprint density at radius 1 is 1.10 bits per heavy atom. The second kappa shape index (κ2) is 11.0. The minimum absolute atomic E-state index is 0.221. The van der Waals surface area contributed by atoms with Gasteiger partial charge in [0.05, 0.1) is 6.21 Å². The molecule has 0 aromatic heterocycles. The monoisotopic (exact) mass is 458 g/mol. The number of nitrogens with zero attached hydrogens (tertiary/aromatic N) is 1. The summed E-state index contributed by atoms with van der Waals surface area (Å²) in [6.45, 7) is 2.27. The van der Waals surface area contributed by atoms with Crippen LogP contribution in [0.3, 0.4) is 0 Å². The minimum atomic E-state index is -0.221. The van der Waals surface area contributed by atoms with Gasteiger partial charge in [0.15, 0.2) is 0 Å². The second-order valence-electron chi connectivity index (χ2n) is 7.21. The van der Waals surface area contributed by atoms with Crippen molar-refractivity contribution in [3.63, 3.8) is 0 Å². The second-order valence-corrected chi connectivity index (χ2v) is 8.12. The van der Waals surface area contributed by atoms with Crippen LogP contribution in [-0.4, -0.2) is 25.3 Å². The molecule has 154 valence electrons. The summed E-state index contributed by atoms with van der Waals surface area (Å²) in [5.74, 6) is 2.02. The molecule has 1 aliphatic carbocycles. The zero-order chi connectivity index (χ0) is 20.5. The number of ether oxygens (including phenoxy) is 2. The van der Waals surface area contributed by atoms with Crippen LogP contribution in [0.25, 0.3) is 0 Å². The van der Waals surface area contributed by atoms with Crippen molar-refractivity contribution in [3.8, 4) is 11.5 Å². The summed E-state index contributed by atoms with van der Waals surface area (Å²) >= 11 is 3.43. The molecule has 5 nitrogen and oxygen atoms in total. The summed E-state index contributed by atoms with van der Waals surface area (Å²) in [6, 6.07) is 14.1. The van der Waals surface area contributed by atoms with E-state index in [2.05, 4.69) is 50.7 Å². The number of hydrazone groups is 1. The maximum atomic E-state index is 11.0. The van der Waals surface area contributed by atoms with Gasteiger partial charge in [-0.3, -0.25) is 4.79 Å². The maximum absolute atomic E-state index is 11.0. The number of benzene rings is 2. The third-order valence-electron chi connectivity index (χ3n) is 4.96. The number of rotatable bonds is 8.